The highest BCUT2D eigenvalue weighted by atomic mass is 16.5. The molecule has 2 aromatic heterocycles. The van der Waals surface area contributed by atoms with Crippen molar-refractivity contribution >= 4 is 11.8 Å². The van der Waals surface area contributed by atoms with Gasteiger partial charge >= 0.3 is 0 Å². The number of piperidine rings is 1. The maximum atomic E-state index is 12.6. The number of hydrogen-bond acceptors (Lipinski definition) is 6. The second-order valence-corrected chi connectivity index (χ2v) is 7.41. The van der Waals surface area contributed by atoms with Crippen LogP contribution in [0.4, 0.5) is 0 Å². The van der Waals surface area contributed by atoms with Crippen LogP contribution in [0.15, 0.2) is 33.6 Å². The molecule has 0 saturated carbocycles. The molecule has 9 heteroatoms. The number of aryl methyl sites for hydroxylation is 1. The average Bonchev–Trinajstić information content (AvgIpc) is 3.13. The first-order valence-corrected chi connectivity index (χ1v) is 9.29. The van der Waals surface area contributed by atoms with Crippen molar-refractivity contribution in [1.29, 1.82) is 0 Å². The first-order valence-electron chi connectivity index (χ1n) is 9.29. The van der Waals surface area contributed by atoms with Crippen LogP contribution >= 0.6 is 0 Å². The molecule has 0 unspecified atom stereocenters. The topological polar surface area (TPSA) is 118 Å². The van der Waals surface area contributed by atoms with Gasteiger partial charge in [-0.15, -0.1) is 0 Å². The molecular formula is C19H22N4O5. The molecule has 2 aliphatic rings. The lowest BCUT2D eigenvalue weighted by Crippen LogP contribution is -2.53. The fourth-order valence-electron chi connectivity index (χ4n) is 4.37. The van der Waals surface area contributed by atoms with Crippen molar-refractivity contribution in [2.45, 2.75) is 25.3 Å². The predicted molar refractivity (Wildman–Crippen MR) is 97.8 cm³/mol. The van der Waals surface area contributed by atoms with Gasteiger partial charge in [-0.05, 0) is 25.3 Å². The lowest BCUT2D eigenvalue weighted by atomic mass is 9.78. The second kappa shape index (κ2) is 7.23. The SMILES string of the molecule is Cc1cc(C(=O)NC[C@H]2[C@H]3C[C@H](CN(C(=O)CO)C3)c3cccc(=O)n32)no1. The van der Waals surface area contributed by atoms with Crippen LogP contribution in [0.3, 0.4) is 0 Å². The largest absolute Gasteiger partial charge is 0.387 e. The zero-order valence-corrected chi connectivity index (χ0v) is 15.5. The molecule has 28 heavy (non-hydrogen) atoms. The molecule has 1 fully saturated rings. The first kappa shape index (κ1) is 18.4. The number of carbonyl (C=O) groups excluding carboxylic acids is 2. The predicted octanol–water partition coefficient (Wildman–Crippen LogP) is 0.0538. The van der Waals surface area contributed by atoms with E-state index in [9.17, 15) is 19.5 Å². The Labute approximate surface area is 160 Å². The van der Waals surface area contributed by atoms with E-state index in [-0.39, 0.29) is 47.5 Å². The molecular weight excluding hydrogens is 364 g/mol. The van der Waals surface area contributed by atoms with Crippen molar-refractivity contribution in [1.82, 2.24) is 19.9 Å². The Hall–Kier alpha value is -2.94. The third-order valence-electron chi connectivity index (χ3n) is 5.62. The Morgan fingerprint density at radius 3 is 2.89 bits per heavy atom. The van der Waals surface area contributed by atoms with Crippen molar-refractivity contribution in [2.24, 2.45) is 5.92 Å². The number of nitrogens with zero attached hydrogens (tertiary/aromatic N) is 3. The monoisotopic (exact) mass is 386 g/mol. The summed E-state index contributed by atoms with van der Waals surface area (Å²) in [4.78, 5) is 38.7. The molecule has 2 amide bonds. The maximum absolute atomic E-state index is 12.6. The van der Waals surface area contributed by atoms with Gasteiger partial charge in [0.25, 0.3) is 11.5 Å². The molecule has 0 aromatic carbocycles. The van der Waals surface area contributed by atoms with E-state index in [4.69, 9.17) is 4.52 Å². The molecule has 0 aliphatic carbocycles. The summed E-state index contributed by atoms with van der Waals surface area (Å²) >= 11 is 0. The lowest BCUT2D eigenvalue weighted by Gasteiger charge is -2.46. The molecule has 0 spiro atoms. The molecule has 3 atom stereocenters. The number of aliphatic hydroxyl groups excluding tert-OH is 1. The third-order valence-corrected chi connectivity index (χ3v) is 5.62. The zero-order valence-electron chi connectivity index (χ0n) is 15.5. The van der Waals surface area contributed by atoms with Gasteiger partial charge in [0.15, 0.2) is 5.69 Å². The summed E-state index contributed by atoms with van der Waals surface area (Å²) in [6, 6.07) is 6.39. The van der Waals surface area contributed by atoms with Crippen LogP contribution < -0.4 is 10.9 Å². The van der Waals surface area contributed by atoms with Crippen LogP contribution in [0.2, 0.25) is 0 Å². The summed E-state index contributed by atoms with van der Waals surface area (Å²) in [6.45, 7) is 2.33. The first-order chi connectivity index (χ1) is 13.5. The van der Waals surface area contributed by atoms with Crippen LogP contribution in [-0.4, -0.2) is 57.8 Å². The second-order valence-electron chi connectivity index (χ2n) is 7.41. The van der Waals surface area contributed by atoms with E-state index in [1.807, 2.05) is 6.07 Å². The molecule has 2 aromatic rings. The van der Waals surface area contributed by atoms with Gasteiger partial charge in [-0.3, -0.25) is 14.4 Å². The lowest BCUT2D eigenvalue weighted by molar-refractivity contribution is -0.137. The Morgan fingerprint density at radius 2 is 2.18 bits per heavy atom. The number of aliphatic hydroxyl groups is 1. The van der Waals surface area contributed by atoms with Crippen LogP contribution in [0.1, 0.15) is 40.3 Å². The molecule has 2 aliphatic heterocycles. The summed E-state index contributed by atoms with van der Waals surface area (Å²) in [5.74, 6) is -0.113. The van der Waals surface area contributed by atoms with E-state index >= 15 is 0 Å². The number of fused-ring (bicyclic) bond motifs is 4. The Kier molecular flexibility index (Phi) is 4.76. The highest BCUT2D eigenvalue weighted by Crippen LogP contribution is 2.40. The molecule has 1 saturated heterocycles. The Balaban J connectivity index is 1.61. The smallest absolute Gasteiger partial charge is 0.273 e. The maximum Gasteiger partial charge on any atom is 0.273 e. The molecule has 4 heterocycles. The zero-order chi connectivity index (χ0) is 19.8. The number of hydrogen-bond donors (Lipinski definition) is 2. The number of likely N-dealkylation sites (tertiary alicyclic amines) is 1. The van der Waals surface area contributed by atoms with Gasteiger partial charge in [-0.25, -0.2) is 0 Å². The van der Waals surface area contributed by atoms with Gasteiger partial charge in [-0.1, -0.05) is 11.2 Å². The van der Waals surface area contributed by atoms with Crippen molar-refractivity contribution in [3.63, 3.8) is 0 Å². The summed E-state index contributed by atoms with van der Waals surface area (Å²) in [6.07, 6.45) is 0.822. The van der Waals surface area contributed by atoms with Gasteiger partial charge in [0.05, 0.1) is 6.04 Å². The van der Waals surface area contributed by atoms with Gasteiger partial charge in [0.1, 0.15) is 12.4 Å². The van der Waals surface area contributed by atoms with Crippen molar-refractivity contribution < 1.29 is 19.2 Å². The number of amides is 2. The van der Waals surface area contributed by atoms with Crippen LogP contribution in [0.25, 0.3) is 0 Å². The molecule has 2 N–H and O–H groups in total. The van der Waals surface area contributed by atoms with Gasteiger partial charge in [-0.2, -0.15) is 0 Å². The fourth-order valence-corrected chi connectivity index (χ4v) is 4.37. The van der Waals surface area contributed by atoms with E-state index in [1.165, 1.54) is 6.07 Å². The average molecular weight is 386 g/mol. The summed E-state index contributed by atoms with van der Waals surface area (Å²) < 4.78 is 6.68. The summed E-state index contributed by atoms with van der Waals surface area (Å²) in [5.41, 5.74) is 0.925. The van der Waals surface area contributed by atoms with Crippen LogP contribution in [0, 0.1) is 12.8 Å². The number of rotatable bonds is 4. The number of carbonyl (C=O) groups is 2. The van der Waals surface area contributed by atoms with E-state index in [1.54, 1.807) is 28.5 Å². The molecule has 9 nitrogen and oxygen atoms in total. The van der Waals surface area contributed by atoms with E-state index in [0.717, 1.165) is 12.1 Å². The van der Waals surface area contributed by atoms with Crippen LogP contribution in [-0.2, 0) is 4.79 Å². The van der Waals surface area contributed by atoms with Crippen LogP contribution in [0.5, 0.6) is 0 Å². The highest BCUT2D eigenvalue weighted by molar-refractivity contribution is 5.92. The number of pyridine rings is 1. The number of nitrogens with one attached hydrogen (secondary N) is 1. The minimum atomic E-state index is -0.534. The quantitative estimate of drug-likeness (QED) is 0.767. The van der Waals surface area contributed by atoms with Crippen molar-refractivity contribution in [3.05, 3.63) is 51.8 Å². The van der Waals surface area contributed by atoms with E-state index < -0.39 is 6.61 Å². The Morgan fingerprint density at radius 1 is 1.36 bits per heavy atom. The van der Waals surface area contributed by atoms with Gasteiger partial charge in [0, 0.05) is 43.4 Å². The van der Waals surface area contributed by atoms with Crippen molar-refractivity contribution in [3.8, 4) is 0 Å². The molecule has 148 valence electrons. The normalized spacial score (nSPS) is 23.2. The number of aromatic nitrogens is 2. The molecule has 4 rings (SSSR count). The third kappa shape index (κ3) is 3.22. The van der Waals surface area contributed by atoms with E-state index in [2.05, 4.69) is 10.5 Å². The van der Waals surface area contributed by atoms with Crippen molar-refractivity contribution in [2.75, 3.05) is 26.2 Å². The summed E-state index contributed by atoms with van der Waals surface area (Å²) in [7, 11) is 0. The standard InChI is InChI=1S/C19H22N4O5/c1-11-5-14(21-28-11)19(27)20-7-16-13-6-12(8-22(9-13)18(26)10-24)15-3-2-4-17(25)23(15)16/h2-5,12-13,16,24H,6-10H2,1H3,(H,20,27)/t12-,13+,16+/m1/s1. The minimum absolute atomic E-state index is 0.00111. The van der Waals surface area contributed by atoms with Gasteiger partial charge < -0.3 is 24.4 Å². The summed E-state index contributed by atoms with van der Waals surface area (Å²) in [5, 5.41) is 15.8. The Bertz CT molecular complexity index is 965. The van der Waals surface area contributed by atoms with Gasteiger partial charge in [0.2, 0.25) is 5.91 Å². The molecule has 0 radical (unpaired) electrons. The molecule has 2 bridgehead atoms. The minimum Gasteiger partial charge on any atom is -0.387 e. The van der Waals surface area contributed by atoms with E-state index in [0.29, 0.717) is 18.8 Å². The highest BCUT2D eigenvalue weighted by Gasteiger charge is 2.41. The fraction of sp³-hybridized carbons (Fsp3) is 0.474.